The number of carboxylic acids is 1. The molecule has 0 bridgehead atoms. The lowest BCUT2D eigenvalue weighted by atomic mass is 9.98. The third-order valence-corrected chi connectivity index (χ3v) is 2.65. The van der Waals surface area contributed by atoms with Crippen molar-refractivity contribution in [2.45, 2.75) is 26.4 Å². The summed E-state index contributed by atoms with van der Waals surface area (Å²) in [5.74, 6) is -0.968. The third-order valence-electron chi connectivity index (χ3n) is 2.65. The van der Waals surface area contributed by atoms with Crippen LogP contribution in [0.25, 0.3) is 0 Å². The Morgan fingerprint density at radius 2 is 2.25 bits per heavy atom. The molecule has 0 radical (unpaired) electrons. The van der Waals surface area contributed by atoms with E-state index in [1.807, 2.05) is 32.0 Å². The van der Waals surface area contributed by atoms with E-state index in [2.05, 4.69) is 5.16 Å². The van der Waals surface area contributed by atoms with Gasteiger partial charge in [0.25, 0.3) is 0 Å². The van der Waals surface area contributed by atoms with E-state index in [1.165, 1.54) is 0 Å². The summed E-state index contributed by atoms with van der Waals surface area (Å²) in [6.45, 7) is 3.97. The van der Waals surface area contributed by atoms with Crippen molar-refractivity contribution in [2.24, 2.45) is 5.16 Å². The summed E-state index contributed by atoms with van der Waals surface area (Å²) in [5.41, 5.74) is 3.90. The Labute approximate surface area is 93.5 Å². The maximum Gasteiger partial charge on any atom is 0.348 e. The average molecular weight is 219 g/mol. The minimum atomic E-state index is -0.968. The van der Waals surface area contributed by atoms with Gasteiger partial charge in [0.1, 0.15) is 0 Å². The second-order valence-electron chi connectivity index (χ2n) is 3.99. The molecule has 1 aromatic carbocycles. The first-order chi connectivity index (χ1) is 7.58. The van der Waals surface area contributed by atoms with E-state index in [1.54, 1.807) is 0 Å². The molecular formula is C12H13NO3. The highest BCUT2D eigenvalue weighted by molar-refractivity contribution is 6.04. The zero-order valence-corrected chi connectivity index (χ0v) is 9.23. The van der Waals surface area contributed by atoms with E-state index < -0.39 is 12.1 Å². The number of oxime groups is 1. The molecule has 0 saturated carbocycles. The zero-order valence-electron chi connectivity index (χ0n) is 9.23. The van der Waals surface area contributed by atoms with Crippen molar-refractivity contribution in [2.75, 3.05) is 0 Å². The summed E-state index contributed by atoms with van der Waals surface area (Å²) >= 11 is 0. The Bertz CT molecular complexity index is 465. The average Bonchev–Trinajstić information content (AvgIpc) is 2.70. The topological polar surface area (TPSA) is 58.9 Å². The van der Waals surface area contributed by atoms with E-state index in [0.29, 0.717) is 12.1 Å². The van der Waals surface area contributed by atoms with Crippen LogP contribution in [0.5, 0.6) is 0 Å². The van der Waals surface area contributed by atoms with Crippen LogP contribution >= 0.6 is 0 Å². The third kappa shape index (κ3) is 1.91. The van der Waals surface area contributed by atoms with Crippen LogP contribution in [0.15, 0.2) is 23.4 Å². The Balaban J connectivity index is 2.27. The first-order valence-corrected chi connectivity index (χ1v) is 5.11. The van der Waals surface area contributed by atoms with Crippen LogP contribution in [-0.2, 0) is 9.63 Å². The van der Waals surface area contributed by atoms with Crippen LogP contribution in [-0.4, -0.2) is 22.9 Å². The lowest BCUT2D eigenvalue weighted by Gasteiger charge is -2.05. The second kappa shape index (κ2) is 3.96. The normalized spacial score (nSPS) is 19.1. The lowest BCUT2D eigenvalue weighted by Crippen LogP contribution is -2.20. The van der Waals surface area contributed by atoms with Crippen LogP contribution in [0.2, 0.25) is 0 Å². The van der Waals surface area contributed by atoms with Gasteiger partial charge in [-0.05, 0) is 25.5 Å². The van der Waals surface area contributed by atoms with Crippen molar-refractivity contribution < 1.29 is 14.7 Å². The highest BCUT2D eigenvalue weighted by Crippen LogP contribution is 2.20. The molecule has 4 nitrogen and oxygen atoms in total. The SMILES string of the molecule is Cc1ccc(C)c(C2=NO[C@H](C(=O)O)C2)c1. The maximum absolute atomic E-state index is 10.7. The van der Waals surface area contributed by atoms with Crippen molar-refractivity contribution in [3.63, 3.8) is 0 Å². The molecule has 1 N–H and O–H groups in total. The summed E-state index contributed by atoms with van der Waals surface area (Å²) in [4.78, 5) is 15.6. The summed E-state index contributed by atoms with van der Waals surface area (Å²) in [6.07, 6.45) is -0.505. The Hall–Kier alpha value is -1.84. The largest absolute Gasteiger partial charge is 0.478 e. The van der Waals surface area contributed by atoms with Gasteiger partial charge in [-0.3, -0.25) is 0 Å². The molecule has 1 heterocycles. The smallest absolute Gasteiger partial charge is 0.348 e. The molecule has 84 valence electrons. The minimum Gasteiger partial charge on any atom is -0.478 e. The maximum atomic E-state index is 10.7. The molecule has 0 amide bonds. The fourth-order valence-corrected chi connectivity index (χ4v) is 1.72. The van der Waals surface area contributed by atoms with Crippen LogP contribution in [0.1, 0.15) is 23.1 Å². The zero-order chi connectivity index (χ0) is 11.7. The van der Waals surface area contributed by atoms with Crippen molar-refractivity contribution in [1.29, 1.82) is 0 Å². The van der Waals surface area contributed by atoms with E-state index in [-0.39, 0.29) is 0 Å². The summed E-state index contributed by atoms with van der Waals surface area (Å²) < 4.78 is 0. The van der Waals surface area contributed by atoms with Gasteiger partial charge in [0.15, 0.2) is 0 Å². The molecule has 0 aliphatic carbocycles. The highest BCUT2D eigenvalue weighted by atomic mass is 16.7. The van der Waals surface area contributed by atoms with Crippen molar-refractivity contribution in [3.8, 4) is 0 Å². The number of aliphatic carboxylic acids is 1. The highest BCUT2D eigenvalue weighted by Gasteiger charge is 2.28. The first kappa shape index (κ1) is 10.7. The van der Waals surface area contributed by atoms with Gasteiger partial charge in [-0.1, -0.05) is 22.9 Å². The monoisotopic (exact) mass is 219 g/mol. The Morgan fingerprint density at radius 1 is 1.50 bits per heavy atom. The number of aryl methyl sites for hydroxylation is 2. The van der Waals surface area contributed by atoms with Gasteiger partial charge < -0.3 is 9.94 Å². The van der Waals surface area contributed by atoms with Gasteiger partial charge in [0.05, 0.1) is 5.71 Å². The predicted molar refractivity (Wildman–Crippen MR) is 59.6 cm³/mol. The molecule has 0 fully saturated rings. The summed E-state index contributed by atoms with van der Waals surface area (Å²) in [5, 5.41) is 12.6. The quantitative estimate of drug-likeness (QED) is 0.826. The van der Waals surface area contributed by atoms with Crippen LogP contribution in [0.3, 0.4) is 0 Å². The molecule has 0 unspecified atom stereocenters. The standard InChI is InChI=1S/C12H13NO3/c1-7-3-4-8(2)9(5-7)10-6-11(12(14)15)16-13-10/h3-5,11H,6H2,1-2H3,(H,14,15)/t11-/m0/s1. The molecule has 0 saturated heterocycles. The number of rotatable bonds is 2. The minimum absolute atomic E-state index is 0.333. The van der Waals surface area contributed by atoms with Crippen molar-refractivity contribution in [3.05, 3.63) is 34.9 Å². The number of hydrogen-bond acceptors (Lipinski definition) is 3. The van der Waals surface area contributed by atoms with Crippen LogP contribution in [0.4, 0.5) is 0 Å². The number of carbonyl (C=O) groups is 1. The lowest BCUT2D eigenvalue weighted by molar-refractivity contribution is -0.148. The molecule has 2 rings (SSSR count). The molecule has 0 aromatic heterocycles. The second-order valence-corrected chi connectivity index (χ2v) is 3.99. The van der Waals surface area contributed by atoms with E-state index in [9.17, 15) is 4.79 Å². The first-order valence-electron chi connectivity index (χ1n) is 5.11. The van der Waals surface area contributed by atoms with Gasteiger partial charge in [-0.2, -0.15) is 0 Å². The molecule has 1 atom stereocenters. The van der Waals surface area contributed by atoms with E-state index in [0.717, 1.165) is 16.7 Å². The van der Waals surface area contributed by atoms with E-state index >= 15 is 0 Å². The van der Waals surface area contributed by atoms with Gasteiger partial charge >= 0.3 is 5.97 Å². The number of carboxylic acid groups (broad SMARTS) is 1. The fourth-order valence-electron chi connectivity index (χ4n) is 1.72. The van der Waals surface area contributed by atoms with Gasteiger partial charge in [0, 0.05) is 12.0 Å². The number of hydrogen-bond donors (Lipinski definition) is 1. The summed E-state index contributed by atoms with van der Waals surface area (Å²) in [6, 6.07) is 6.02. The molecule has 1 aliphatic heterocycles. The van der Waals surface area contributed by atoms with Gasteiger partial charge in [0.2, 0.25) is 6.10 Å². The Morgan fingerprint density at radius 3 is 2.88 bits per heavy atom. The number of benzene rings is 1. The fraction of sp³-hybridized carbons (Fsp3) is 0.333. The predicted octanol–water partition coefficient (Wildman–Crippen LogP) is 1.88. The molecule has 0 spiro atoms. The number of nitrogens with zero attached hydrogens (tertiary/aromatic N) is 1. The molecule has 1 aromatic rings. The van der Waals surface area contributed by atoms with Crippen molar-refractivity contribution >= 4 is 11.7 Å². The molecule has 1 aliphatic rings. The molecule has 4 heteroatoms. The summed E-state index contributed by atoms with van der Waals surface area (Å²) in [7, 11) is 0. The van der Waals surface area contributed by atoms with Crippen LogP contribution < -0.4 is 0 Å². The van der Waals surface area contributed by atoms with Gasteiger partial charge in [-0.25, -0.2) is 4.79 Å². The molecule has 16 heavy (non-hydrogen) atoms. The van der Waals surface area contributed by atoms with Crippen molar-refractivity contribution in [1.82, 2.24) is 0 Å². The van der Waals surface area contributed by atoms with Gasteiger partial charge in [-0.15, -0.1) is 0 Å². The van der Waals surface area contributed by atoms with E-state index in [4.69, 9.17) is 9.94 Å². The molecular weight excluding hydrogens is 206 g/mol. The Kier molecular flexibility index (Phi) is 2.64. The van der Waals surface area contributed by atoms with Crippen LogP contribution in [0, 0.1) is 13.8 Å².